The highest BCUT2D eigenvalue weighted by atomic mass is 16.5. The van der Waals surface area contributed by atoms with Crippen molar-refractivity contribution in [3.8, 4) is 0 Å². The molecule has 1 atom stereocenters. The molecule has 1 aromatic heterocycles. The molecule has 0 aliphatic rings. The van der Waals surface area contributed by atoms with Crippen LogP contribution in [0.3, 0.4) is 0 Å². The zero-order valence-corrected chi connectivity index (χ0v) is 14.3. The highest BCUT2D eigenvalue weighted by molar-refractivity contribution is 5.87. The van der Waals surface area contributed by atoms with Crippen molar-refractivity contribution >= 4 is 22.8 Å². The fourth-order valence-corrected chi connectivity index (χ4v) is 2.46. The normalized spacial score (nSPS) is 13.3. The Morgan fingerprint density at radius 3 is 2.71 bits per heavy atom. The minimum Gasteiger partial charge on any atom is -0.467 e. The third-order valence-electron chi connectivity index (χ3n) is 4.13. The van der Waals surface area contributed by atoms with Gasteiger partial charge in [0.1, 0.15) is 12.1 Å². The maximum absolute atomic E-state index is 12.5. The molecular formula is C17H21N3O4. The van der Waals surface area contributed by atoms with Crippen LogP contribution in [-0.2, 0) is 20.9 Å². The zero-order chi connectivity index (χ0) is 17.9. The molecule has 1 amide bonds. The summed E-state index contributed by atoms with van der Waals surface area (Å²) < 4.78 is 5.94. The fourth-order valence-electron chi connectivity index (χ4n) is 2.46. The van der Waals surface area contributed by atoms with E-state index in [4.69, 9.17) is 4.74 Å². The largest absolute Gasteiger partial charge is 0.467 e. The molecule has 0 saturated heterocycles. The summed E-state index contributed by atoms with van der Waals surface area (Å²) in [7, 11) is 1.27. The Balaban J connectivity index is 2.27. The van der Waals surface area contributed by atoms with Crippen LogP contribution in [0, 0.1) is 6.92 Å². The second kappa shape index (κ2) is 6.82. The second-order valence-electron chi connectivity index (χ2n) is 5.87. The molecule has 0 saturated carbocycles. The third kappa shape index (κ3) is 3.29. The topological polar surface area (TPSA) is 90.3 Å². The van der Waals surface area contributed by atoms with E-state index in [1.165, 1.54) is 18.0 Å². The molecule has 0 unspecified atom stereocenters. The number of ether oxygens (including phenoxy) is 1. The first-order valence-corrected chi connectivity index (χ1v) is 7.66. The van der Waals surface area contributed by atoms with E-state index in [0.717, 1.165) is 5.56 Å². The van der Waals surface area contributed by atoms with Gasteiger partial charge < -0.3 is 10.1 Å². The van der Waals surface area contributed by atoms with Gasteiger partial charge in [-0.15, -0.1) is 0 Å². The van der Waals surface area contributed by atoms with Crippen LogP contribution >= 0.6 is 0 Å². The quantitative estimate of drug-likeness (QED) is 0.831. The number of hydrogen-bond acceptors (Lipinski definition) is 5. The Morgan fingerprint density at radius 1 is 1.38 bits per heavy atom. The average molecular weight is 331 g/mol. The lowest BCUT2D eigenvalue weighted by Crippen LogP contribution is -2.53. The molecule has 1 aromatic carbocycles. The minimum atomic E-state index is -1.13. The van der Waals surface area contributed by atoms with Crippen molar-refractivity contribution in [1.82, 2.24) is 14.9 Å². The highest BCUT2D eigenvalue weighted by Crippen LogP contribution is 2.12. The summed E-state index contributed by atoms with van der Waals surface area (Å²) in [5.74, 6) is -0.987. The number of fused-ring (bicyclic) bond motifs is 1. The summed E-state index contributed by atoms with van der Waals surface area (Å²) in [6.45, 7) is 5.00. The molecule has 2 aromatic rings. The maximum atomic E-state index is 12.5. The monoisotopic (exact) mass is 331 g/mol. The van der Waals surface area contributed by atoms with Crippen molar-refractivity contribution in [2.75, 3.05) is 7.11 Å². The number of carbonyl (C=O) groups excluding carboxylic acids is 2. The first-order chi connectivity index (χ1) is 11.3. The molecular weight excluding hydrogens is 310 g/mol. The van der Waals surface area contributed by atoms with Gasteiger partial charge in [0.15, 0.2) is 0 Å². The van der Waals surface area contributed by atoms with Crippen LogP contribution in [0.25, 0.3) is 10.9 Å². The number of benzene rings is 1. The Hall–Kier alpha value is -2.70. The van der Waals surface area contributed by atoms with Crippen LogP contribution in [0.15, 0.2) is 29.3 Å². The molecule has 24 heavy (non-hydrogen) atoms. The van der Waals surface area contributed by atoms with Crippen molar-refractivity contribution in [3.63, 3.8) is 0 Å². The molecule has 0 bridgehead atoms. The molecule has 0 aliphatic carbocycles. The van der Waals surface area contributed by atoms with Gasteiger partial charge in [0.25, 0.3) is 5.56 Å². The van der Waals surface area contributed by atoms with E-state index in [1.807, 2.05) is 13.0 Å². The van der Waals surface area contributed by atoms with E-state index < -0.39 is 17.4 Å². The van der Waals surface area contributed by atoms with Crippen LogP contribution in [0.4, 0.5) is 0 Å². The molecule has 1 heterocycles. The molecule has 7 heteroatoms. The van der Waals surface area contributed by atoms with Crippen molar-refractivity contribution < 1.29 is 14.3 Å². The number of hydrogen-bond donors (Lipinski definition) is 1. The van der Waals surface area contributed by atoms with Crippen molar-refractivity contribution in [1.29, 1.82) is 0 Å². The molecule has 2 rings (SSSR count). The Morgan fingerprint density at radius 2 is 2.08 bits per heavy atom. The number of esters is 1. The van der Waals surface area contributed by atoms with Gasteiger partial charge in [0, 0.05) is 0 Å². The average Bonchev–Trinajstić information content (AvgIpc) is 2.57. The van der Waals surface area contributed by atoms with E-state index in [-0.39, 0.29) is 12.1 Å². The molecule has 128 valence electrons. The standard InChI is InChI=1S/C17H21N3O4/c1-5-17(3,16(23)24-4)19-13(21)9-20-10-18-14-11(2)7-6-8-12(14)15(20)22/h6-8,10H,5,9H2,1-4H3,(H,19,21)/t17-/m0/s1. The number of para-hydroxylation sites is 1. The number of nitrogens with zero attached hydrogens (tertiary/aromatic N) is 2. The Labute approximate surface area is 139 Å². The van der Waals surface area contributed by atoms with Crippen molar-refractivity contribution in [3.05, 3.63) is 40.4 Å². The van der Waals surface area contributed by atoms with Gasteiger partial charge >= 0.3 is 5.97 Å². The number of aromatic nitrogens is 2. The van der Waals surface area contributed by atoms with E-state index >= 15 is 0 Å². The molecule has 0 fully saturated rings. The lowest BCUT2D eigenvalue weighted by atomic mass is 9.99. The predicted molar refractivity (Wildman–Crippen MR) is 89.6 cm³/mol. The van der Waals surface area contributed by atoms with Gasteiger partial charge in [0.05, 0.1) is 24.3 Å². The SMILES string of the molecule is CC[C@](C)(NC(=O)Cn1cnc2c(C)cccc2c1=O)C(=O)OC. The van der Waals surface area contributed by atoms with E-state index in [9.17, 15) is 14.4 Å². The zero-order valence-electron chi connectivity index (χ0n) is 14.3. The van der Waals surface area contributed by atoms with E-state index in [1.54, 1.807) is 26.0 Å². The van der Waals surface area contributed by atoms with Crippen LogP contribution in [0.5, 0.6) is 0 Å². The molecule has 1 N–H and O–H groups in total. The maximum Gasteiger partial charge on any atom is 0.331 e. The van der Waals surface area contributed by atoms with Gasteiger partial charge in [-0.05, 0) is 31.9 Å². The second-order valence-corrected chi connectivity index (χ2v) is 5.87. The van der Waals surface area contributed by atoms with Crippen LogP contribution < -0.4 is 10.9 Å². The smallest absolute Gasteiger partial charge is 0.331 e. The molecule has 0 radical (unpaired) electrons. The summed E-state index contributed by atoms with van der Waals surface area (Å²) >= 11 is 0. The van der Waals surface area contributed by atoms with Crippen LogP contribution in [-0.4, -0.2) is 34.1 Å². The summed E-state index contributed by atoms with van der Waals surface area (Å²) in [4.78, 5) is 40.8. The lowest BCUT2D eigenvalue weighted by Gasteiger charge is -2.26. The Bertz CT molecular complexity index is 843. The number of methoxy groups -OCH3 is 1. The van der Waals surface area contributed by atoms with Crippen LogP contribution in [0.2, 0.25) is 0 Å². The van der Waals surface area contributed by atoms with Gasteiger partial charge in [-0.1, -0.05) is 19.1 Å². The summed E-state index contributed by atoms with van der Waals surface area (Å²) in [6.07, 6.45) is 1.72. The first-order valence-electron chi connectivity index (χ1n) is 7.66. The summed E-state index contributed by atoms with van der Waals surface area (Å²) in [5, 5.41) is 3.08. The van der Waals surface area contributed by atoms with Crippen LogP contribution in [0.1, 0.15) is 25.8 Å². The minimum absolute atomic E-state index is 0.220. The number of rotatable bonds is 5. The predicted octanol–water partition coefficient (Wildman–Crippen LogP) is 1.16. The van der Waals surface area contributed by atoms with Gasteiger partial charge in [0.2, 0.25) is 5.91 Å². The van der Waals surface area contributed by atoms with Gasteiger partial charge in [-0.2, -0.15) is 0 Å². The van der Waals surface area contributed by atoms with Gasteiger partial charge in [-0.25, -0.2) is 9.78 Å². The number of amides is 1. The molecule has 0 spiro atoms. The molecule has 7 nitrogen and oxygen atoms in total. The van der Waals surface area contributed by atoms with Gasteiger partial charge in [-0.3, -0.25) is 14.2 Å². The summed E-state index contributed by atoms with van der Waals surface area (Å²) in [6, 6.07) is 5.32. The first kappa shape index (κ1) is 17.7. The third-order valence-corrected chi connectivity index (χ3v) is 4.13. The van der Waals surface area contributed by atoms with Crippen molar-refractivity contribution in [2.45, 2.75) is 39.3 Å². The molecule has 0 aliphatic heterocycles. The van der Waals surface area contributed by atoms with Crippen molar-refractivity contribution in [2.24, 2.45) is 0 Å². The van der Waals surface area contributed by atoms with E-state index in [0.29, 0.717) is 17.3 Å². The number of nitrogens with one attached hydrogen (secondary N) is 1. The number of aryl methyl sites for hydroxylation is 1. The fraction of sp³-hybridized carbons (Fsp3) is 0.412. The Kier molecular flexibility index (Phi) is 5.02. The highest BCUT2D eigenvalue weighted by Gasteiger charge is 2.34. The summed E-state index contributed by atoms with van der Waals surface area (Å²) in [5.41, 5.74) is 0.0868. The number of carbonyl (C=O) groups is 2. The van der Waals surface area contributed by atoms with E-state index in [2.05, 4.69) is 10.3 Å². The lowest BCUT2D eigenvalue weighted by molar-refractivity contribution is -0.150.